The van der Waals surface area contributed by atoms with Crippen LogP contribution in [0.4, 0.5) is 0 Å². The largest absolute Gasteiger partial charge is 0.377 e. The molecule has 0 aromatic heterocycles. The van der Waals surface area contributed by atoms with Crippen LogP contribution in [0, 0.1) is 5.92 Å². The molecule has 0 aromatic rings. The number of nitrogens with one attached hydrogen (secondary N) is 2. The van der Waals surface area contributed by atoms with E-state index in [1.165, 1.54) is 0 Å². The van der Waals surface area contributed by atoms with Crippen LogP contribution in [0.1, 0.15) is 39.5 Å². The van der Waals surface area contributed by atoms with Crippen molar-refractivity contribution in [2.24, 2.45) is 11.7 Å². The van der Waals surface area contributed by atoms with Gasteiger partial charge in [0.15, 0.2) is 0 Å². The van der Waals surface area contributed by atoms with Gasteiger partial charge in [-0.25, -0.2) is 0 Å². The van der Waals surface area contributed by atoms with Crippen molar-refractivity contribution in [2.45, 2.75) is 39.5 Å². The number of ether oxygens (including phenoxy) is 3. The third kappa shape index (κ3) is 16.2. The van der Waals surface area contributed by atoms with Crippen LogP contribution in [0.5, 0.6) is 0 Å². The van der Waals surface area contributed by atoms with E-state index in [2.05, 4.69) is 10.6 Å². The van der Waals surface area contributed by atoms with Crippen LogP contribution >= 0.6 is 0 Å². The van der Waals surface area contributed by atoms with E-state index < -0.39 is 0 Å². The van der Waals surface area contributed by atoms with Crippen LogP contribution in [-0.2, 0) is 28.6 Å². The molecule has 0 bridgehead atoms. The molecule has 9 heteroatoms. The molecule has 0 aliphatic heterocycles. The Morgan fingerprint density at radius 2 is 1.48 bits per heavy atom. The molecule has 0 aliphatic rings. The van der Waals surface area contributed by atoms with Crippen molar-refractivity contribution in [1.82, 2.24) is 10.6 Å². The number of unbranched alkanes of at least 4 members (excludes halogenated alkanes) is 1. The van der Waals surface area contributed by atoms with Gasteiger partial charge in [0.25, 0.3) is 0 Å². The number of amides is 3. The Morgan fingerprint density at radius 3 is 2.11 bits per heavy atom. The second-order valence-corrected chi connectivity index (χ2v) is 6.01. The van der Waals surface area contributed by atoms with Crippen LogP contribution in [0.15, 0.2) is 0 Å². The number of hydrogen-bond acceptors (Lipinski definition) is 6. The van der Waals surface area contributed by atoms with Gasteiger partial charge in [-0.15, -0.1) is 0 Å². The second-order valence-electron chi connectivity index (χ2n) is 6.01. The van der Waals surface area contributed by atoms with Crippen molar-refractivity contribution < 1.29 is 28.6 Å². The molecule has 0 radical (unpaired) electrons. The Balaban J connectivity index is 3.39. The SMILES string of the molecule is CCOCC(=O)NCCOCCOCC(=O)NCCCC[C@H](CC)C(N)=O. The maximum absolute atomic E-state index is 11.6. The molecule has 1 atom stereocenters. The summed E-state index contributed by atoms with van der Waals surface area (Å²) in [5.41, 5.74) is 5.29. The Kier molecular flexibility index (Phi) is 16.6. The highest BCUT2D eigenvalue weighted by Gasteiger charge is 2.11. The number of primary amides is 1. The molecule has 0 rings (SSSR count). The molecule has 0 aromatic carbocycles. The Labute approximate surface area is 161 Å². The van der Waals surface area contributed by atoms with Gasteiger partial charge in [-0.3, -0.25) is 14.4 Å². The third-order valence-electron chi connectivity index (χ3n) is 3.81. The zero-order valence-electron chi connectivity index (χ0n) is 16.6. The fraction of sp³-hybridized carbons (Fsp3) is 0.833. The summed E-state index contributed by atoms with van der Waals surface area (Å²) in [5.74, 6) is -0.694. The topological polar surface area (TPSA) is 129 Å². The number of carbonyl (C=O) groups excluding carboxylic acids is 3. The summed E-state index contributed by atoms with van der Waals surface area (Å²) in [4.78, 5) is 33.9. The van der Waals surface area contributed by atoms with Crippen molar-refractivity contribution in [2.75, 3.05) is 52.7 Å². The van der Waals surface area contributed by atoms with E-state index in [0.717, 1.165) is 25.7 Å². The van der Waals surface area contributed by atoms with Crippen LogP contribution in [-0.4, -0.2) is 70.5 Å². The highest BCUT2D eigenvalue weighted by molar-refractivity contribution is 5.77. The summed E-state index contributed by atoms with van der Waals surface area (Å²) in [6, 6.07) is 0. The lowest BCUT2D eigenvalue weighted by Crippen LogP contribution is -2.31. The first-order valence-electron chi connectivity index (χ1n) is 9.57. The molecular formula is C18H35N3O6. The van der Waals surface area contributed by atoms with Gasteiger partial charge in [-0.1, -0.05) is 13.3 Å². The molecule has 4 N–H and O–H groups in total. The maximum atomic E-state index is 11.6. The molecule has 0 unspecified atom stereocenters. The quantitative estimate of drug-likeness (QED) is 0.282. The molecule has 0 heterocycles. The van der Waals surface area contributed by atoms with Gasteiger partial charge < -0.3 is 30.6 Å². The summed E-state index contributed by atoms with van der Waals surface area (Å²) >= 11 is 0. The maximum Gasteiger partial charge on any atom is 0.246 e. The lowest BCUT2D eigenvalue weighted by Gasteiger charge is -2.10. The number of carbonyl (C=O) groups is 3. The van der Waals surface area contributed by atoms with E-state index in [-0.39, 0.29) is 36.9 Å². The molecule has 0 saturated carbocycles. The average Bonchev–Trinajstić information content (AvgIpc) is 2.64. The average molecular weight is 389 g/mol. The number of nitrogens with two attached hydrogens (primary N) is 1. The van der Waals surface area contributed by atoms with Crippen molar-refractivity contribution in [1.29, 1.82) is 0 Å². The summed E-state index contributed by atoms with van der Waals surface area (Å²) in [5, 5.41) is 5.42. The normalized spacial score (nSPS) is 11.8. The zero-order chi connectivity index (χ0) is 20.3. The summed E-state index contributed by atoms with van der Waals surface area (Å²) < 4.78 is 15.5. The van der Waals surface area contributed by atoms with E-state index in [1.54, 1.807) is 0 Å². The van der Waals surface area contributed by atoms with Gasteiger partial charge in [0.1, 0.15) is 13.2 Å². The molecule has 158 valence electrons. The van der Waals surface area contributed by atoms with Gasteiger partial charge in [0, 0.05) is 25.6 Å². The standard InChI is InChI=1S/C18H35N3O6/c1-3-15(18(19)24)7-5-6-8-20-17(23)14-27-12-11-26-10-9-21-16(22)13-25-4-2/h15H,3-14H2,1-2H3,(H2,19,24)(H,20,23)(H,21,22)/t15-/m0/s1. The first-order chi connectivity index (χ1) is 13.0. The number of rotatable bonds is 18. The summed E-state index contributed by atoms with van der Waals surface area (Å²) in [6.07, 6.45) is 3.14. The fourth-order valence-electron chi connectivity index (χ4n) is 2.24. The first-order valence-corrected chi connectivity index (χ1v) is 9.57. The monoisotopic (exact) mass is 389 g/mol. The highest BCUT2D eigenvalue weighted by Crippen LogP contribution is 2.11. The van der Waals surface area contributed by atoms with Gasteiger partial charge >= 0.3 is 0 Å². The van der Waals surface area contributed by atoms with E-state index in [9.17, 15) is 14.4 Å². The van der Waals surface area contributed by atoms with Crippen LogP contribution in [0.2, 0.25) is 0 Å². The molecule has 9 nitrogen and oxygen atoms in total. The minimum atomic E-state index is -0.259. The minimum Gasteiger partial charge on any atom is -0.377 e. The fourth-order valence-corrected chi connectivity index (χ4v) is 2.24. The highest BCUT2D eigenvalue weighted by atomic mass is 16.5. The van der Waals surface area contributed by atoms with Crippen molar-refractivity contribution in [3.8, 4) is 0 Å². The predicted octanol–water partition coefficient (Wildman–Crippen LogP) is -0.0297. The van der Waals surface area contributed by atoms with Gasteiger partial charge in [0.05, 0.1) is 19.8 Å². The zero-order valence-corrected chi connectivity index (χ0v) is 16.6. The Bertz CT molecular complexity index is 420. The molecule has 27 heavy (non-hydrogen) atoms. The van der Waals surface area contributed by atoms with Crippen molar-refractivity contribution in [3.63, 3.8) is 0 Å². The Hall–Kier alpha value is -1.71. The first kappa shape index (κ1) is 25.3. The van der Waals surface area contributed by atoms with Crippen molar-refractivity contribution >= 4 is 17.7 Å². The number of hydrogen-bond donors (Lipinski definition) is 3. The van der Waals surface area contributed by atoms with Crippen LogP contribution in [0.25, 0.3) is 0 Å². The molecule has 0 saturated heterocycles. The predicted molar refractivity (Wildman–Crippen MR) is 101 cm³/mol. The van der Waals surface area contributed by atoms with Gasteiger partial charge in [-0.2, -0.15) is 0 Å². The van der Waals surface area contributed by atoms with Gasteiger partial charge in [0.2, 0.25) is 17.7 Å². The van der Waals surface area contributed by atoms with E-state index in [0.29, 0.717) is 39.5 Å². The molecule has 0 spiro atoms. The van der Waals surface area contributed by atoms with E-state index >= 15 is 0 Å². The van der Waals surface area contributed by atoms with Crippen molar-refractivity contribution in [3.05, 3.63) is 0 Å². The smallest absolute Gasteiger partial charge is 0.246 e. The van der Waals surface area contributed by atoms with Crippen LogP contribution in [0.3, 0.4) is 0 Å². The third-order valence-corrected chi connectivity index (χ3v) is 3.81. The Morgan fingerprint density at radius 1 is 0.852 bits per heavy atom. The van der Waals surface area contributed by atoms with Gasteiger partial charge in [-0.05, 0) is 26.2 Å². The molecule has 0 aliphatic carbocycles. The second kappa shape index (κ2) is 17.7. The molecule has 0 fully saturated rings. The van der Waals surface area contributed by atoms with E-state index in [1.807, 2.05) is 13.8 Å². The molecule has 3 amide bonds. The summed E-state index contributed by atoms with van der Waals surface area (Å²) in [7, 11) is 0. The minimum absolute atomic E-state index is 0.0205. The lowest BCUT2D eigenvalue weighted by atomic mass is 9.99. The van der Waals surface area contributed by atoms with Crippen LogP contribution < -0.4 is 16.4 Å². The molecular weight excluding hydrogens is 354 g/mol. The summed E-state index contributed by atoms with van der Waals surface area (Å²) in [6.45, 7) is 6.28. The van der Waals surface area contributed by atoms with E-state index in [4.69, 9.17) is 19.9 Å². The lowest BCUT2D eigenvalue weighted by molar-refractivity contribution is -0.127.